The predicted molar refractivity (Wildman–Crippen MR) is 156 cm³/mol. The highest BCUT2D eigenvalue weighted by Gasteiger charge is 2.56. The number of carbonyl (C=O) groups excluding carboxylic acids is 2. The Balaban J connectivity index is 1.52. The van der Waals surface area contributed by atoms with Crippen molar-refractivity contribution in [3.8, 4) is 17.2 Å². The number of rotatable bonds is 10. The summed E-state index contributed by atoms with van der Waals surface area (Å²) in [6.07, 6.45) is -6.91. The van der Waals surface area contributed by atoms with Crippen LogP contribution in [0.2, 0.25) is 0 Å². The van der Waals surface area contributed by atoms with Crippen LogP contribution in [0.15, 0.2) is 36.4 Å². The van der Waals surface area contributed by atoms with Crippen molar-refractivity contribution in [1.29, 1.82) is 0 Å². The fourth-order valence-corrected chi connectivity index (χ4v) is 5.91. The van der Waals surface area contributed by atoms with Gasteiger partial charge in [0.15, 0.2) is 11.4 Å². The first-order valence-corrected chi connectivity index (χ1v) is 14.0. The molecular weight excluding hydrogens is 576 g/mol. The van der Waals surface area contributed by atoms with Gasteiger partial charge in [0.2, 0.25) is 6.29 Å². The number of phenols is 1. The molecule has 0 bridgehead atoms. The molecule has 0 aromatic heterocycles. The van der Waals surface area contributed by atoms with Crippen molar-refractivity contribution in [2.45, 2.75) is 50.2 Å². The Bertz CT molecular complexity index is 1590. The van der Waals surface area contributed by atoms with Crippen molar-refractivity contribution in [2.24, 2.45) is 0 Å². The van der Waals surface area contributed by atoms with E-state index in [-0.39, 0.29) is 41.4 Å². The topological polar surface area (TPSA) is 198 Å². The van der Waals surface area contributed by atoms with Gasteiger partial charge < -0.3 is 55.1 Å². The maximum atomic E-state index is 13.7. The van der Waals surface area contributed by atoms with Gasteiger partial charge in [0, 0.05) is 24.7 Å². The maximum absolute atomic E-state index is 13.7. The Hall–Kier alpha value is -3.82. The Labute approximate surface area is 252 Å². The smallest absolute Gasteiger partial charge is 0.254 e. The molecular formula is C31H36N2O11. The largest absolute Gasteiger partial charge is 0.506 e. The van der Waals surface area contributed by atoms with Gasteiger partial charge >= 0.3 is 0 Å². The van der Waals surface area contributed by atoms with Crippen molar-refractivity contribution in [2.75, 3.05) is 33.9 Å². The normalized spacial score (nSPS) is 24.9. The zero-order valence-electron chi connectivity index (χ0n) is 24.5. The third-order valence-corrected chi connectivity index (χ3v) is 8.29. The predicted octanol–water partition coefficient (Wildman–Crippen LogP) is -0.0383. The minimum absolute atomic E-state index is 0.0251. The first kappa shape index (κ1) is 31.6. The molecule has 1 saturated heterocycles. The minimum Gasteiger partial charge on any atom is -0.506 e. The summed E-state index contributed by atoms with van der Waals surface area (Å²) < 4.78 is 16.8. The van der Waals surface area contributed by atoms with Crippen LogP contribution in [-0.2, 0) is 17.8 Å². The molecule has 13 heteroatoms. The van der Waals surface area contributed by atoms with E-state index in [0.717, 1.165) is 11.1 Å². The summed E-state index contributed by atoms with van der Waals surface area (Å²) >= 11 is 0. The van der Waals surface area contributed by atoms with Gasteiger partial charge in [-0.25, -0.2) is 0 Å². The summed E-state index contributed by atoms with van der Waals surface area (Å²) in [6, 6.07) is 9.98. The summed E-state index contributed by atoms with van der Waals surface area (Å²) in [6.45, 7) is 0.285. The Kier molecular flexibility index (Phi) is 8.82. The quantitative estimate of drug-likeness (QED) is 0.151. The number of ketones is 1. The highest BCUT2D eigenvalue weighted by molar-refractivity contribution is 6.10. The van der Waals surface area contributed by atoms with Crippen molar-refractivity contribution < 1.29 is 54.4 Å². The van der Waals surface area contributed by atoms with E-state index in [9.17, 15) is 40.2 Å². The lowest BCUT2D eigenvalue weighted by atomic mass is 9.87. The van der Waals surface area contributed by atoms with Gasteiger partial charge in [-0.2, -0.15) is 0 Å². The van der Waals surface area contributed by atoms with Crippen molar-refractivity contribution in [1.82, 2.24) is 10.2 Å². The molecule has 0 radical (unpaired) electrons. The van der Waals surface area contributed by atoms with Crippen LogP contribution in [0.5, 0.6) is 17.2 Å². The molecule has 0 aliphatic carbocycles. The molecule has 44 heavy (non-hydrogen) atoms. The van der Waals surface area contributed by atoms with Crippen LogP contribution in [-0.4, -0.2) is 111 Å². The van der Waals surface area contributed by atoms with Crippen molar-refractivity contribution in [3.63, 3.8) is 0 Å². The molecule has 7 N–H and O–H groups in total. The maximum Gasteiger partial charge on any atom is 0.254 e. The molecule has 0 saturated carbocycles. The Morgan fingerprint density at radius 2 is 1.95 bits per heavy atom. The molecule has 3 aromatic rings. The van der Waals surface area contributed by atoms with E-state index in [4.69, 9.17) is 14.2 Å². The van der Waals surface area contributed by atoms with Crippen LogP contribution in [0.1, 0.15) is 37.4 Å². The summed E-state index contributed by atoms with van der Waals surface area (Å²) in [5.41, 5.74) is 0.125. The Morgan fingerprint density at radius 3 is 2.61 bits per heavy atom. The number of hydrogen-bond acceptors (Lipinski definition) is 12. The number of nitrogens with one attached hydrogen (secondary N) is 1. The molecule has 5 atom stereocenters. The number of phenolic OH excluding ortho intramolecular Hbond substituents is 1. The molecule has 2 heterocycles. The molecule has 1 amide bonds. The zero-order chi connectivity index (χ0) is 31.9. The number of aryl methyl sites for hydroxylation is 1. The van der Waals surface area contributed by atoms with E-state index in [1.54, 1.807) is 38.2 Å². The Morgan fingerprint density at radius 1 is 1.20 bits per heavy atom. The van der Waals surface area contributed by atoms with E-state index in [1.165, 1.54) is 18.1 Å². The van der Waals surface area contributed by atoms with Gasteiger partial charge in [-0.3, -0.25) is 9.59 Å². The van der Waals surface area contributed by atoms with Gasteiger partial charge in [-0.15, -0.1) is 0 Å². The molecule has 0 spiro atoms. The van der Waals surface area contributed by atoms with E-state index < -0.39 is 54.9 Å². The van der Waals surface area contributed by atoms with E-state index in [2.05, 4.69) is 5.32 Å². The molecule has 2 aliphatic heterocycles. The zero-order valence-corrected chi connectivity index (χ0v) is 24.5. The lowest BCUT2D eigenvalue weighted by Crippen LogP contribution is -2.69. The number of fused-ring (bicyclic) bond motifs is 2. The molecule has 5 rings (SSSR count). The van der Waals surface area contributed by atoms with Gasteiger partial charge in [0.1, 0.15) is 35.6 Å². The van der Waals surface area contributed by atoms with E-state index in [0.29, 0.717) is 23.1 Å². The number of amides is 1. The van der Waals surface area contributed by atoms with E-state index in [1.807, 2.05) is 6.07 Å². The molecule has 1 fully saturated rings. The van der Waals surface area contributed by atoms with Gasteiger partial charge in [-0.05, 0) is 48.2 Å². The van der Waals surface area contributed by atoms with Gasteiger partial charge in [0.05, 0.1) is 37.8 Å². The van der Waals surface area contributed by atoms with Crippen LogP contribution in [0.25, 0.3) is 10.8 Å². The number of ether oxygens (including phenoxy) is 3. The van der Waals surface area contributed by atoms with E-state index >= 15 is 0 Å². The van der Waals surface area contributed by atoms with Crippen LogP contribution in [0.4, 0.5) is 0 Å². The van der Waals surface area contributed by atoms with Crippen molar-refractivity contribution in [3.05, 3.63) is 64.2 Å². The highest BCUT2D eigenvalue weighted by Crippen LogP contribution is 2.43. The number of aromatic hydroxyl groups is 1. The number of aliphatic hydroxyl groups is 5. The molecule has 13 nitrogen and oxygen atoms in total. The van der Waals surface area contributed by atoms with Crippen LogP contribution < -0.4 is 14.8 Å². The standard InChI is InChI=1S/C31H36N2O11/c1-15-7-17-8-18(42-3)9-22(43-30-31(41,14-35)28(39)26(37)23(13-34)44-30)25(17)27(38)24(15)21(36)12-33-11-20-16(10-32-2)5-4-6-19(20)29(33)40/h4-9,23,26,28,30,32,34-35,37-39,41H,10-14H2,1-3H3. The van der Waals surface area contributed by atoms with Crippen LogP contribution >= 0.6 is 0 Å². The number of hydrogen-bond donors (Lipinski definition) is 7. The van der Waals surface area contributed by atoms with Gasteiger partial charge in [-0.1, -0.05) is 18.2 Å². The molecule has 3 aromatic carbocycles. The average molecular weight is 613 g/mol. The molecule has 2 aliphatic rings. The fourth-order valence-electron chi connectivity index (χ4n) is 5.91. The second kappa shape index (κ2) is 12.3. The number of aliphatic hydroxyl groups excluding tert-OH is 4. The summed E-state index contributed by atoms with van der Waals surface area (Å²) in [5, 5.41) is 66.5. The number of nitrogens with zero attached hydrogens (tertiary/aromatic N) is 1. The SMILES string of the molecule is CNCc1cccc2c1CN(CC(=O)c1c(C)cc3cc(OC)cc(OC4OC(CO)C(O)C(O)C4(O)CO)c3c1O)C2=O. The van der Waals surface area contributed by atoms with Crippen molar-refractivity contribution >= 4 is 22.5 Å². The lowest BCUT2D eigenvalue weighted by molar-refractivity contribution is -0.327. The number of methoxy groups -OCH3 is 1. The molecule has 5 unspecified atom stereocenters. The summed E-state index contributed by atoms with van der Waals surface area (Å²) in [7, 11) is 3.20. The fraction of sp³-hybridized carbons (Fsp3) is 0.419. The second-order valence-electron chi connectivity index (χ2n) is 11.1. The number of benzene rings is 3. The number of Topliss-reactive ketones (excluding diaryl/α,β-unsaturated/α-hetero) is 1. The average Bonchev–Trinajstić information content (AvgIpc) is 3.32. The van der Waals surface area contributed by atoms with Crippen LogP contribution in [0.3, 0.4) is 0 Å². The first-order chi connectivity index (χ1) is 21.0. The monoisotopic (exact) mass is 612 g/mol. The number of carbonyl (C=O) groups is 2. The summed E-state index contributed by atoms with van der Waals surface area (Å²) in [5.74, 6) is -1.17. The second-order valence-corrected chi connectivity index (χ2v) is 11.1. The molecule has 236 valence electrons. The first-order valence-electron chi connectivity index (χ1n) is 14.0. The highest BCUT2D eigenvalue weighted by atomic mass is 16.7. The summed E-state index contributed by atoms with van der Waals surface area (Å²) in [4.78, 5) is 28.3. The van der Waals surface area contributed by atoms with Gasteiger partial charge in [0.25, 0.3) is 5.91 Å². The van der Waals surface area contributed by atoms with Crippen LogP contribution in [0, 0.1) is 6.92 Å². The third kappa shape index (κ3) is 5.26. The minimum atomic E-state index is -2.53. The third-order valence-electron chi connectivity index (χ3n) is 8.29. The lowest BCUT2D eigenvalue weighted by Gasteiger charge is -2.46.